The molecule has 0 aliphatic heterocycles. The minimum absolute atomic E-state index is 0.406. The molecule has 2 unspecified atom stereocenters. The van der Waals surface area contributed by atoms with Crippen molar-refractivity contribution in [3.05, 3.63) is 28.7 Å². The molecule has 0 bridgehead atoms. The van der Waals surface area contributed by atoms with Gasteiger partial charge in [0.05, 0.1) is 0 Å². The molecule has 0 aromatic heterocycles. The smallest absolute Gasteiger partial charge is 0.119 e. The highest BCUT2D eigenvalue weighted by atomic mass is 79.9. The average Bonchev–Trinajstić information content (AvgIpc) is 2.42. The van der Waals surface area contributed by atoms with Gasteiger partial charge in [-0.15, -0.1) is 0 Å². The molecule has 0 N–H and O–H groups in total. The molecule has 2 saturated carbocycles. The molecule has 0 heterocycles. The minimum Gasteiger partial charge on any atom is -0.490 e. The van der Waals surface area contributed by atoms with E-state index in [4.69, 9.17) is 4.74 Å². The Morgan fingerprint density at radius 2 is 1.72 bits per heavy atom. The third-order valence-corrected chi connectivity index (χ3v) is 6.38. The van der Waals surface area contributed by atoms with Gasteiger partial charge in [-0.3, -0.25) is 0 Å². The number of benzene rings is 1. The first-order chi connectivity index (χ1) is 8.71. The predicted octanol–water partition coefficient (Wildman–Crippen LogP) is 5.31. The van der Waals surface area contributed by atoms with Crippen molar-refractivity contribution >= 4 is 31.9 Å². The van der Waals surface area contributed by atoms with Gasteiger partial charge in [-0.2, -0.15) is 0 Å². The largest absolute Gasteiger partial charge is 0.490 e. The van der Waals surface area contributed by atoms with Gasteiger partial charge in [0.2, 0.25) is 0 Å². The van der Waals surface area contributed by atoms with E-state index in [1.165, 1.54) is 32.1 Å². The van der Waals surface area contributed by atoms with E-state index in [0.29, 0.717) is 16.3 Å². The van der Waals surface area contributed by atoms with Crippen molar-refractivity contribution < 1.29 is 4.74 Å². The molecule has 2 aliphatic rings. The van der Waals surface area contributed by atoms with E-state index < -0.39 is 0 Å². The number of hydrogen-bond acceptors (Lipinski definition) is 1. The van der Waals surface area contributed by atoms with Crippen molar-refractivity contribution in [3.63, 3.8) is 0 Å². The Balaban J connectivity index is 1.71. The van der Waals surface area contributed by atoms with Gasteiger partial charge in [0, 0.05) is 14.7 Å². The van der Waals surface area contributed by atoms with E-state index in [-0.39, 0.29) is 0 Å². The summed E-state index contributed by atoms with van der Waals surface area (Å²) >= 11 is 7.32. The molecule has 1 aromatic rings. The van der Waals surface area contributed by atoms with Gasteiger partial charge < -0.3 is 4.74 Å². The van der Waals surface area contributed by atoms with Gasteiger partial charge in [0.1, 0.15) is 11.9 Å². The summed E-state index contributed by atoms with van der Waals surface area (Å²) in [5, 5.41) is 0. The van der Waals surface area contributed by atoms with Crippen LogP contribution in [0.2, 0.25) is 0 Å². The molecule has 98 valence electrons. The maximum atomic E-state index is 6.22. The van der Waals surface area contributed by atoms with Crippen molar-refractivity contribution in [3.8, 4) is 5.75 Å². The summed E-state index contributed by atoms with van der Waals surface area (Å²) in [4.78, 5) is 0.658. The second kappa shape index (κ2) is 5.16. The first kappa shape index (κ1) is 13.0. The van der Waals surface area contributed by atoms with Crippen LogP contribution in [0.5, 0.6) is 5.75 Å². The highest BCUT2D eigenvalue weighted by Gasteiger charge is 2.55. The van der Waals surface area contributed by atoms with Gasteiger partial charge >= 0.3 is 0 Å². The highest BCUT2D eigenvalue weighted by molar-refractivity contribution is 9.10. The van der Waals surface area contributed by atoms with Crippen LogP contribution in [-0.4, -0.2) is 10.9 Å². The van der Waals surface area contributed by atoms with Crippen LogP contribution in [0.4, 0.5) is 0 Å². The van der Waals surface area contributed by atoms with E-state index in [1.807, 2.05) is 12.1 Å². The minimum atomic E-state index is 0.406. The Morgan fingerprint density at radius 1 is 1.06 bits per heavy atom. The molecule has 2 atom stereocenters. The van der Waals surface area contributed by atoms with Crippen LogP contribution in [0.25, 0.3) is 0 Å². The molecule has 1 aromatic carbocycles. The number of hydrogen-bond donors (Lipinski definition) is 0. The molecule has 18 heavy (non-hydrogen) atoms. The fourth-order valence-electron chi connectivity index (χ4n) is 3.39. The van der Waals surface area contributed by atoms with Crippen LogP contribution in [0.3, 0.4) is 0 Å². The Kier molecular flexibility index (Phi) is 3.72. The Hall–Kier alpha value is -0.0200. The number of alkyl halides is 1. The molecule has 2 fully saturated rings. The van der Waals surface area contributed by atoms with Crippen LogP contribution in [0.1, 0.15) is 38.5 Å². The number of ether oxygens (including phenoxy) is 1. The number of halogens is 2. The monoisotopic (exact) mass is 372 g/mol. The topological polar surface area (TPSA) is 9.23 Å². The lowest BCUT2D eigenvalue weighted by Gasteiger charge is -2.55. The second-order valence-corrected chi connectivity index (χ2v) is 7.58. The zero-order valence-corrected chi connectivity index (χ0v) is 13.5. The molecule has 0 saturated heterocycles. The maximum absolute atomic E-state index is 6.22. The van der Waals surface area contributed by atoms with Crippen LogP contribution >= 0.6 is 31.9 Å². The zero-order valence-electron chi connectivity index (χ0n) is 10.4. The standard InChI is InChI=1S/C15H18Br2O/c16-11-4-6-12(7-5-11)18-14-10-13(17)15(14)8-2-1-3-9-15/h4-7,13-14H,1-3,8-10H2. The Bertz CT molecular complexity index is 409. The third-order valence-electron chi connectivity index (χ3n) is 4.56. The summed E-state index contributed by atoms with van der Waals surface area (Å²) in [6.07, 6.45) is 8.32. The van der Waals surface area contributed by atoms with Crippen molar-refractivity contribution in [1.82, 2.24) is 0 Å². The van der Waals surface area contributed by atoms with Gasteiger partial charge in [-0.25, -0.2) is 0 Å². The second-order valence-electron chi connectivity index (χ2n) is 5.56. The van der Waals surface area contributed by atoms with Crippen molar-refractivity contribution in [2.75, 3.05) is 0 Å². The summed E-state index contributed by atoms with van der Waals surface area (Å²) in [6, 6.07) is 8.21. The van der Waals surface area contributed by atoms with Crippen LogP contribution in [0, 0.1) is 5.41 Å². The lowest BCUT2D eigenvalue weighted by atomic mass is 9.58. The molecule has 0 radical (unpaired) electrons. The molecule has 2 aliphatic carbocycles. The zero-order chi connectivity index (χ0) is 12.6. The molecule has 1 nitrogen and oxygen atoms in total. The molecular weight excluding hydrogens is 356 g/mol. The fourth-order valence-corrected chi connectivity index (χ4v) is 4.74. The fraction of sp³-hybridized carbons (Fsp3) is 0.600. The van der Waals surface area contributed by atoms with E-state index in [1.54, 1.807) is 0 Å². The van der Waals surface area contributed by atoms with Crippen LogP contribution in [0.15, 0.2) is 28.7 Å². The Morgan fingerprint density at radius 3 is 2.33 bits per heavy atom. The van der Waals surface area contributed by atoms with Gasteiger partial charge in [-0.05, 0) is 43.5 Å². The van der Waals surface area contributed by atoms with Gasteiger partial charge in [-0.1, -0.05) is 51.1 Å². The first-order valence-electron chi connectivity index (χ1n) is 6.77. The number of rotatable bonds is 2. The highest BCUT2D eigenvalue weighted by Crippen LogP contribution is 2.56. The molecule has 3 heteroatoms. The van der Waals surface area contributed by atoms with Crippen LogP contribution < -0.4 is 4.74 Å². The normalized spacial score (nSPS) is 29.9. The summed E-state index contributed by atoms with van der Waals surface area (Å²) in [6.45, 7) is 0. The lowest BCUT2D eigenvalue weighted by Crippen LogP contribution is -2.57. The van der Waals surface area contributed by atoms with Crippen molar-refractivity contribution in [1.29, 1.82) is 0 Å². The first-order valence-corrected chi connectivity index (χ1v) is 8.48. The summed E-state index contributed by atoms with van der Waals surface area (Å²) in [5.41, 5.74) is 0.408. The molecule has 3 rings (SSSR count). The van der Waals surface area contributed by atoms with E-state index >= 15 is 0 Å². The quantitative estimate of drug-likeness (QED) is 0.638. The summed E-state index contributed by atoms with van der Waals surface area (Å²) < 4.78 is 7.32. The van der Waals surface area contributed by atoms with Crippen molar-refractivity contribution in [2.24, 2.45) is 5.41 Å². The van der Waals surface area contributed by atoms with Crippen LogP contribution in [-0.2, 0) is 0 Å². The lowest BCUT2D eigenvalue weighted by molar-refractivity contribution is -0.0601. The SMILES string of the molecule is Brc1ccc(OC2CC(Br)C23CCCCC3)cc1. The molecule has 0 amide bonds. The third kappa shape index (κ3) is 2.24. The average molecular weight is 374 g/mol. The van der Waals surface area contributed by atoms with Crippen molar-refractivity contribution in [2.45, 2.75) is 49.5 Å². The maximum Gasteiger partial charge on any atom is 0.119 e. The summed E-state index contributed by atoms with van der Waals surface area (Å²) in [5.74, 6) is 1.01. The van der Waals surface area contributed by atoms with E-state index in [9.17, 15) is 0 Å². The van der Waals surface area contributed by atoms with Gasteiger partial charge in [0.15, 0.2) is 0 Å². The predicted molar refractivity (Wildman–Crippen MR) is 81.4 cm³/mol. The van der Waals surface area contributed by atoms with E-state index in [0.717, 1.165) is 16.6 Å². The van der Waals surface area contributed by atoms with E-state index in [2.05, 4.69) is 44.0 Å². The Labute approximate surface area is 126 Å². The summed E-state index contributed by atoms with van der Waals surface area (Å²) in [7, 11) is 0. The van der Waals surface area contributed by atoms with Gasteiger partial charge in [0.25, 0.3) is 0 Å². The molecular formula is C15H18Br2O. The molecule has 1 spiro atoms.